The highest BCUT2D eigenvalue weighted by molar-refractivity contribution is 7.92. The number of hydrogen-bond donors (Lipinski definition) is 0. The van der Waals surface area contributed by atoms with Gasteiger partial charge in [0, 0.05) is 33.2 Å². The number of sulfonamides is 1. The molecule has 0 atom stereocenters. The van der Waals surface area contributed by atoms with Gasteiger partial charge in [0.25, 0.3) is 0 Å². The van der Waals surface area contributed by atoms with Crippen molar-refractivity contribution in [3.63, 3.8) is 0 Å². The molecule has 0 radical (unpaired) electrons. The summed E-state index contributed by atoms with van der Waals surface area (Å²) in [5.41, 5.74) is 1.77. The topological polar surface area (TPSA) is 43.9 Å². The second kappa shape index (κ2) is 8.95. The second-order valence-corrected chi connectivity index (χ2v) is 9.28. The van der Waals surface area contributed by atoms with Crippen LogP contribution >= 0.6 is 11.6 Å². The quantitative estimate of drug-likeness (QED) is 0.706. The van der Waals surface area contributed by atoms with Gasteiger partial charge in [0.2, 0.25) is 10.0 Å². The summed E-state index contributed by atoms with van der Waals surface area (Å²) in [6.45, 7) is 4.43. The first kappa shape index (κ1) is 20.0. The molecule has 1 heterocycles. The number of para-hydroxylation sites is 2. The number of nitrogens with zero attached hydrogens (tertiary/aromatic N) is 3. The Morgan fingerprint density at radius 1 is 0.963 bits per heavy atom. The lowest BCUT2D eigenvalue weighted by Crippen LogP contribution is -2.47. The lowest BCUT2D eigenvalue weighted by molar-refractivity contribution is 0.259. The molecule has 0 N–H and O–H groups in total. The van der Waals surface area contributed by atoms with Crippen LogP contribution in [0.1, 0.15) is 6.42 Å². The van der Waals surface area contributed by atoms with Crippen molar-refractivity contribution in [3.05, 3.63) is 59.6 Å². The Morgan fingerprint density at radius 3 is 2.26 bits per heavy atom. The summed E-state index contributed by atoms with van der Waals surface area (Å²) in [5, 5.41) is 0.779. The van der Waals surface area contributed by atoms with Gasteiger partial charge in [0.05, 0.1) is 22.2 Å². The van der Waals surface area contributed by atoms with Crippen LogP contribution in [0.15, 0.2) is 54.6 Å². The smallest absolute Gasteiger partial charge is 0.234 e. The highest BCUT2D eigenvalue weighted by atomic mass is 35.5. The highest BCUT2D eigenvalue weighted by Gasteiger charge is 2.21. The van der Waals surface area contributed by atoms with Crippen molar-refractivity contribution in [1.29, 1.82) is 0 Å². The van der Waals surface area contributed by atoms with Crippen LogP contribution in [0.2, 0.25) is 5.02 Å². The largest absolute Gasteiger partial charge is 0.368 e. The number of hydrogen-bond acceptors (Lipinski definition) is 4. The number of benzene rings is 2. The Balaban J connectivity index is 1.46. The standard InChI is InChI=1S/C20H26ClN3O2S/c1-22(18-8-3-2-4-9-18)27(25,26)17-7-12-23-13-15-24(16-14-23)20-11-6-5-10-19(20)21/h2-6,8-11H,7,12-17H2,1H3. The summed E-state index contributed by atoms with van der Waals surface area (Å²) in [6, 6.07) is 17.1. The molecule has 5 nitrogen and oxygen atoms in total. The molecule has 0 aromatic heterocycles. The van der Waals surface area contributed by atoms with Crippen LogP contribution in [0.5, 0.6) is 0 Å². The van der Waals surface area contributed by atoms with Crippen LogP contribution in [0.25, 0.3) is 0 Å². The summed E-state index contributed by atoms with van der Waals surface area (Å²) < 4.78 is 26.4. The van der Waals surface area contributed by atoms with Crippen LogP contribution in [0.3, 0.4) is 0 Å². The summed E-state index contributed by atoms with van der Waals surface area (Å²) in [7, 11) is -1.68. The van der Waals surface area contributed by atoms with E-state index in [1.807, 2.05) is 54.6 Å². The second-order valence-electron chi connectivity index (χ2n) is 6.75. The van der Waals surface area contributed by atoms with E-state index in [4.69, 9.17) is 11.6 Å². The van der Waals surface area contributed by atoms with Crippen LogP contribution in [-0.2, 0) is 10.0 Å². The fourth-order valence-corrected chi connectivity index (χ4v) is 4.79. The van der Waals surface area contributed by atoms with E-state index in [0.29, 0.717) is 12.1 Å². The Kier molecular flexibility index (Phi) is 6.63. The van der Waals surface area contributed by atoms with E-state index in [1.54, 1.807) is 7.05 Å². The molecular weight excluding hydrogens is 382 g/mol. The van der Waals surface area contributed by atoms with Gasteiger partial charge in [0.1, 0.15) is 0 Å². The zero-order valence-electron chi connectivity index (χ0n) is 15.6. The predicted molar refractivity (Wildman–Crippen MR) is 113 cm³/mol. The summed E-state index contributed by atoms with van der Waals surface area (Å²) in [6.07, 6.45) is 0.631. The fraction of sp³-hybridized carbons (Fsp3) is 0.400. The Labute approximate surface area is 167 Å². The zero-order chi connectivity index (χ0) is 19.3. The Morgan fingerprint density at radius 2 is 1.59 bits per heavy atom. The van der Waals surface area contributed by atoms with Crippen molar-refractivity contribution >= 4 is 33.0 Å². The number of anilines is 2. The number of rotatable bonds is 7. The van der Waals surface area contributed by atoms with E-state index in [-0.39, 0.29) is 5.75 Å². The molecule has 146 valence electrons. The van der Waals surface area contributed by atoms with E-state index in [2.05, 4.69) is 9.80 Å². The molecule has 1 fully saturated rings. The molecule has 1 saturated heterocycles. The Hall–Kier alpha value is -1.76. The molecule has 0 spiro atoms. The molecule has 3 rings (SSSR count). The van der Waals surface area contributed by atoms with Crippen molar-refractivity contribution in [2.45, 2.75) is 6.42 Å². The van der Waals surface area contributed by atoms with E-state index >= 15 is 0 Å². The molecular formula is C20H26ClN3O2S. The zero-order valence-corrected chi connectivity index (χ0v) is 17.2. The van der Waals surface area contributed by atoms with Gasteiger partial charge in [-0.2, -0.15) is 0 Å². The first-order valence-corrected chi connectivity index (χ1v) is 11.2. The molecule has 1 aliphatic rings. The summed E-state index contributed by atoms with van der Waals surface area (Å²) in [4.78, 5) is 4.62. The maximum Gasteiger partial charge on any atom is 0.234 e. The van der Waals surface area contributed by atoms with E-state index < -0.39 is 10.0 Å². The van der Waals surface area contributed by atoms with Gasteiger partial charge in [-0.1, -0.05) is 41.9 Å². The minimum atomic E-state index is -3.29. The van der Waals surface area contributed by atoms with Crippen molar-refractivity contribution in [1.82, 2.24) is 4.90 Å². The van der Waals surface area contributed by atoms with Crippen LogP contribution in [-0.4, -0.2) is 58.8 Å². The first-order valence-electron chi connectivity index (χ1n) is 9.21. The van der Waals surface area contributed by atoms with Crippen molar-refractivity contribution in [2.75, 3.05) is 54.7 Å². The molecule has 0 aliphatic carbocycles. The molecule has 0 amide bonds. The maximum atomic E-state index is 12.5. The summed E-state index contributed by atoms with van der Waals surface area (Å²) >= 11 is 6.28. The third-order valence-electron chi connectivity index (χ3n) is 4.98. The van der Waals surface area contributed by atoms with Gasteiger partial charge in [-0.3, -0.25) is 9.21 Å². The average Bonchev–Trinajstić information content (AvgIpc) is 2.69. The van der Waals surface area contributed by atoms with Crippen molar-refractivity contribution in [3.8, 4) is 0 Å². The van der Waals surface area contributed by atoms with E-state index in [1.165, 1.54) is 4.31 Å². The lowest BCUT2D eigenvalue weighted by atomic mass is 10.2. The van der Waals surface area contributed by atoms with Gasteiger partial charge in [-0.15, -0.1) is 0 Å². The molecule has 2 aromatic carbocycles. The average molecular weight is 408 g/mol. The maximum absolute atomic E-state index is 12.5. The van der Waals surface area contributed by atoms with Crippen molar-refractivity contribution < 1.29 is 8.42 Å². The van der Waals surface area contributed by atoms with Gasteiger partial charge in [-0.25, -0.2) is 8.42 Å². The van der Waals surface area contributed by atoms with Crippen LogP contribution in [0, 0.1) is 0 Å². The van der Waals surface area contributed by atoms with Gasteiger partial charge < -0.3 is 4.90 Å². The molecule has 7 heteroatoms. The van der Waals surface area contributed by atoms with E-state index in [9.17, 15) is 8.42 Å². The Bertz CT molecular complexity index is 837. The van der Waals surface area contributed by atoms with Gasteiger partial charge >= 0.3 is 0 Å². The fourth-order valence-electron chi connectivity index (χ4n) is 3.33. The first-order chi connectivity index (χ1) is 13.0. The normalized spacial score (nSPS) is 15.7. The number of halogens is 1. The third-order valence-corrected chi connectivity index (χ3v) is 7.15. The molecule has 27 heavy (non-hydrogen) atoms. The molecule has 1 aliphatic heterocycles. The summed E-state index contributed by atoms with van der Waals surface area (Å²) in [5.74, 6) is 0.156. The lowest BCUT2D eigenvalue weighted by Gasteiger charge is -2.36. The van der Waals surface area contributed by atoms with Crippen molar-refractivity contribution in [2.24, 2.45) is 0 Å². The van der Waals surface area contributed by atoms with E-state index in [0.717, 1.165) is 43.4 Å². The molecule has 0 unspecified atom stereocenters. The molecule has 2 aromatic rings. The SMILES string of the molecule is CN(c1ccccc1)S(=O)(=O)CCCN1CCN(c2ccccc2Cl)CC1. The molecule has 0 bridgehead atoms. The van der Waals surface area contributed by atoms with Gasteiger partial charge in [0.15, 0.2) is 0 Å². The predicted octanol–water partition coefficient (Wildman–Crippen LogP) is 3.32. The number of piperazine rings is 1. The third kappa shape index (κ3) is 5.15. The van der Waals surface area contributed by atoms with Crippen LogP contribution < -0.4 is 9.21 Å². The highest BCUT2D eigenvalue weighted by Crippen LogP contribution is 2.26. The minimum absolute atomic E-state index is 0.156. The van der Waals surface area contributed by atoms with Gasteiger partial charge in [-0.05, 0) is 37.2 Å². The monoisotopic (exact) mass is 407 g/mol. The minimum Gasteiger partial charge on any atom is -0.368 e. The molecule has 0 saturated carbocycles. The van der Waals surface area contributed by atoms with Crippen LogP contribution in [0.4, 0.5) is 11.4 Å².